The summed E-state index contributed by atoms with van der Waals surface area (Å²) in [6, 6.07) is 5.16. The highest BCUT2D eigenvalue weighted by molar-refractivity contribution is 5.78. The molecule has 1 aliphatic carbocycles. The summed E-state index contributed by atoms with van der Waals surface area (Å²) >= 11 is 0. The Morgan fingerprint density at radius 3 is 2.85 bits per heavy atom. The van der Waals surface area contributed by atoms with Gasteiger partial charge in [0, 0.05) is 19.6 Å². The number of hydrogen-bond donors (Lipinski definition) is 1. The van der Waals surface area contributed by atoms with Crippen LogP contribution in [0.2, 0.25) is 0 Å². The maximum Gasteiger partial charge on any atom is 0.260 e. The average molecular weight is 280 g/mol. The summed E-state index contributed by atoms with van der Waals surface area (Å²) in [6.07, 6.45) is 2.10. The number of carbonyl (C=O) groups is 1. The summed E-state index contributed by atoms with van der Waals surface area (Å²) in [5.74, 6) is -0.409. The van der Waals surface area contributed by atoms with Crippen molar-refractivity contribution < 1.29 is 13.9 Å². The Morgan fingerprint density at radius 2 is 2.25 bits per heavy atom. The average Bonchev–Trinajstić information content (AvgIpc) is 3.27. The molecule has 1 N–H and O–H groups in total. The molecule has 1 aromatic carbocycles. The molecular weight excluding hydrogens is 259 g/mol. The molecule has 0 saturated heterocycles. The molecule has 0 unspecified atom stereocenters. The Hall–Kier alpha value is -1.62. The van der Waals surface area contributed by atoms with E-state index < -0.39 is 5.82 Å². The molecule has 0 aromatic heterocycles. The van der Waals surface area contributed by atoms with Crippen LogP contribution in [-0.4, -0.2) is 37.0 Å². The number of nitrogens with one attached hydrogen (secondary N) is 1. The van der Waals surface area contributed by atoms with Crippen LogP contribution in [-0.2, 0) is 11.3 Å². The SMILES string of the molecule is CCNCc1ccc(OCC(=O)N(C)C2CC2)c(F)c1. The lowest BCUT2D eigenvalue weighted by atomic mass is 10.2. The zero-order valence-corrected chi connectivity index (χ0v) is 12.0. The minimum atomic E-state index is -0.428. The molecule has 110 valence electrons. The number of benzene rings is 1. The van der Waals surface area contributed by atoms with Crippen molar-refractivity contribution >= 4 is 5.91 Å². The zero-order valence-electron chi connectivity index (χ0n) is 12.0. The summed E-state index contributed by atoms with van der Waals surface area (Å²) < 4.78 is 19.1. The second-order valence-electron chi connectivity index (χ2n) is 5.07. The van der Waals surface area contributed by atoms with Crippen molar-refractivity contribution in [2.75, 3.05) is 20.2 Å². The predicted octanol–water partition coefficient (Wildman–Crippen LogP) is 1.93. The van der Waals surface area contributed by atoms with Crippen LogP contribution in [0.15, 0.2) is 18.2 Å². The van der Waals surface area contributed by atoms with E-state index in [2.05, 4.69) is 5.32 Å². The molecule has 20 heavy (non-hydrogen) atoms. The minimum absolute atomic E-state index is 0.108. The van der Waals surface area contributed by atoms with E-state index in [0.717, 1.165) is 24.9 Å². The van der Waals surface area contributed by atoms with Crippen molar-refractivity contribution in [2.45, 2.75) is 32.4 Å². The molecule has 1 saturated carbocycles. The lowest BCUT2D eigenvalue weighted by molar-refractivity contribution is -0.132. The quantitative estimate of drug-likeness (QED) is 0.830. The Kier molecular flexibility index (Phi) is 4.95. The van der Waals surface area contributed by atoms with E-state index in [1.807, 2.05) is 6.92 Å². The normalized spacial score (nSPS) is 14.2. The molecule has 2 rings (SSSR count). The number of likely N-dealkylation sites (N-methyl/N-ethyl adjacent to an activating group) is 1. The van der Waals surface area contributed by atoms with Crippen LogP contribution >= 0.6 is 0 Å². The maximum atomic E-state index is 13.8. The number of carbonyl (C=O) groups excluding carboxylic acids is 1. The van der Waals surface area contributed by atoms with E-state index in [1.54, 1.807) is 24.1 Å². The molecule has 0 radical (unpaired) electrons. The van der Waals surface area contributed by atoms with Gasteiger partial charge in [0.2, 0.25) is 0 Å². The van der Waals surface area contributed by atoms with Crippen LogP contribution < -0.4 is 10.1 Å². The van der Waals surface area contributed by atoms with E-state index in [4.69, 9.17) is 4.74 Å². The first-order chi connectivity index (χ1) is 9.61. The van der Waals surface area contributed by atoms with Crippen LogP contribution in [0.4, 0.5) is 4.39 Å². The highest BCUT2D eigenvalue weighted by Gasteiger charge is 2.29. The van der Waals surface area contributed by atoms with Gasteiger partial charge in [-0.25, -0.2) is 4.39 Å². The summed E-state index contributed by atoms with van der Waals surface area (Å²) in [6.45, 7) is 3.34. The first-order valence-corrected chi connectivity index (χ1v) is 6.99. The van der Waals surface area contributed by atoms with Gasteiger partial charge in [0.1, 0.15) is 0 Å². The molecule has 0 bridgehead atoms. The largest absolute Gasteiger partial charge is 0.481 e. The maximum absolute atomic E-state index is 13.8. The Bertz CT molecular complexity index is 475. The molecule has 0 heterocycles. The molecule has 0 atom stereocenters. The fraction of sp³-hybridized carbons (Fsp3) is 0.533. The van der Waals surface area contributed by atoms with E-state index in [1.165, 1.54) is 6.07 Å². The van der Waals surface area contributed by atoms with Crippen LogP contribution in [0.3, 0.4) is 0 Å². The number of ether oxygens (including phenoxy) is 1. The third-order valence-electron chi connectivity index (χ3n) is 3.41. The van der Waals surface area contributed by atoms with E-state index >= 15 is 0 Å². The van der Waals surface area contributed by atoms with Crippen LogP contribution in [0.1, 0.15) is 25.3 Å². The van der Waals surface area contributed by atoms with Gasteiger partial charge in [-0.15, -0.1) is 0 Å². The molecule has 1 amide bonds. The molecule has 1 aliphatic rings. The first kappa shape index (κ1) is 14.8. The molecule has 5 heteroatoms. The van der Waals surface area contributed by atoms with Gasteiger partial charge in [-0.05, 0) is 37.1 Å². The second-order valence-corrected chi connectivity index (χ2v) is 5.07. The van der Waals surface area contributed by atoms with Gasteiger partial charge in [0.05, 0.1) is 0 Å². The third kappa shape index (κ3) is 3.93. The molecule has 0 spiro atoms. The fourth-order valence-corrected chi connectivity index (χ4v) is 1.95. The van der Waals surface area contributed by atoms with E-state index in [-0.39, 0.29) is 18.3 Å². The number of rotatable bonds is 7. The highest BCUT2D eigenvalue weighted by atomic mass is 19.1. The van der Waals surface area contributed by atoms with Gasteiger partial charge in [0.15, 0.2) is 18.2 Å². The van der Waals surface area contributed by atoms with Gasteiger partial charge >= 0.3 is 0 Å². The van der Waals surface area contributed by atoms with Crippen LogP contribution in [0.5, 0.6) is 5.75 Å². The van der Waals surface area contributed by atoms with E-state index in [0.29, 0.717) is 12.6 Å². The minimum Gasteiger partial charge on any atom is -0.481 e. The van der Waals surface area contributed by atoms with Crippen molar-refractivity contribution in [1.82, 2.24) is 10.2 Å². The highest BCUT2D eigenvalue weighted by Crippen LogP contribution is 2.25. The number of amides is 1. The topological polar surface area (TPSA) is 41.6 Å². The molecule has 1 aromatic rings. The van der Waals surface area contributed by atoms with Crippen molar-refractivity contribution in [3.05, 3.63) is 29.6 Å². The van der Waals surface area contributed by atoms with Gasteiger partial charge in [0.25, 0.3) is 5.91 Å². The van der Waals surface area contributed by atoms with Gasteiger partial charge in [-0.1, -0.05) is 13.0 Å². The molecule has 1 fully saturated rings. The first-order valence-electron chi connectivity index (χ1n) is 6.99. The number of nitrogens with zero attached hydrogens (tertiary/aromatic N) is 1. The van der Waals surface area contributed by atoms with E-state index in [9.17, 15) is 9.18 Å². The second kappa shape index (κ2) is 6.70. The van der Waals surface area contributed by atoms with Crippen molar-refractivity contribution in [2.24, 2.45) is 0 Å². The van der Waals surface area contributed by atoms with Crippen LogP contribution in [0, 0.1) is 5.82 Å². The van der Waals surface area contributed by atoms with Gasteiger partial charge in [-0.3, -0.25) is 4.79 Å². The Morgan fingerprint density at radius 1 is 1.50 bits per heavy atom. The van der Waals surface area contributed by atoms with Crippen molar-refractivity contribution in [3.8, 4) is 5.75 Å². The van der Waals surface area contributed by atoms with Crippen molar-refractivity contribution in [3.63, 3.8) is 0 Å². The zero-order chi connectivity index (χ0) is 14.5. The van der Waals surface area contributed by atoms with Crippen LogP contribution in [0.25, 0.3) is 0 Å². The number of halogens is 1. The smallest absolute Gasteiger partial charge is 0.260 e. The summed E-state index contributed by atoms with van der Waals surface area (Å²) in [5, 5.41) is 3.13. The Balaban J connectivity index is 1.87. The summed E-state index contributed by atoms with van der Waals surface area (Å²) in [5.41, 5.74) is 0.859. The number of hydrogen-bond acceptors (Lipinski definition) is 3. The summed E-state index contributed by atoms with van der Waals surface area (Å²) in [4.78, 5) is 13.5. The van der Waals surface area contributed by atoms with Crippen molar-refractivity contribution in [1.29, 1.82) is 0 Å². The Labute approximate surface area is 118 Å². The fourth-order valence-electron chi connectivity index (χ4n) is 1.95. The lowest BCUT2D eigenvalue weighted by Gasteiger charge is -2.16. The molecular formula is C15H21FN2O2. The monoisotopic (exact) mass is 280 g/mol. The lowest BCUT2D eigenvalue weighted by Crippen LogP contribution is -2.33. The predicted molar refractivity (Wildman–Crippen MR) is 75.1 cm³/mol. The van der Waals surface area contributed by atoms with Gasteiger partial charge < -0.3 is 15.0 Å². The molecule has 0 aliphatic heterocycles. The molecule has 4 nitrogen and oxygen atoms in total. The standard InChI is InChI=1S/C15H21FN2O2/c1-3-17-9-11-4-7-14(13(16)8-11)20-10-15(19)18(2)12-5-6-12/h4,7-8,12,17H,3,5-6,9-10H2,1-2H3. The van der Waals surface area contributed by atoms with Gasteiger partial charge in [-0.2, -0.15) is 0 Å². The summed E-state index contributed by atoms with van der Waals surface area (Å²) in [7, 11) is 1.76. The third-order valence-corrected chi connectivity index (χ3v) is 3.41.